The van der Waals surface area contributed by atoms with E-state index in [4.69, 9.17) is 9.97 Å². The third-order valence-corrected chi connectivity index (χ3v) is 6.01. The molecule has 8 heteroatoms. The van der Waals surface area contributed by atoms with Crippen molar-refractivity contribution < 1.29 is 1.43 Å². The summed E-state index contributed by atoms with van der Waals surface area (Å²) in [5, 5.41) is 7.82. The molecule has 36 heavy (non-hydrogen) atoms. The number of hydrogen-bond donors (Lipinski definition) is 2. The molecular weight excluding hydrogens is 448 g/mol. The molecule has 5 heterocycles. The Bertz CT molecular complexity index is 1640. The molecule has 0 aliphatic heterocycles. The molecule has 0 saturated carbocycles. The third kappa shape index (κ3) is 4.37. The van der Waals surface area contributed by atoms with Gasteiger partial charge in [-0.2, -0.15) is 5.10 Å². The van der Waals surface area contributed by atoms with E-state index in [0.717, 1.165) is 51.1 Å². The van der Waals surface area contributed by atoms with E-state index >= 15 is 0 Å². The molecule has 5 aromatic heterocycles. The number of rotatable bonds is 7. The smallest absolute Gasteiger partial charge is 0.155 e. The first-order chi connectivity index (χ1) is 17.7. The minimum atomic E-state index is 0. The van der Waals surface area contributed by atoms with E-state index in [9.17, 15) is 0 Å². The van der Waals surface area contributed by atoms with Crippen molar-refractivity contribution in [2.75, 3.05) is 0 Å². The van der Waals surface area contributed by atoms with Crippen molar-refractivity contribution in [2.45, 2.75) is 20.0 Å². The van der Waals surface area contributed by atoms with Crippen LogP contribution >= 0.6 is 0 Å². The predicted molar refractivity (Wildman–Crippen MR) is 141 cm³/mol. The van der Waals surface area contributed by atoms with Crippen LogP contribution in [0.1, 0.15) is 18.5 Å². The monoisotopic (exact) mass is 474 g/mol. The van der Waals surface area contributed by atoms with Crippen LogP contribution in [0.5, 0.6) is 0 Å². The molecule has 0 fully saturated rings. The number of imidazole rings is 1. The predicted octanol–water partition coefficient (Wildman–Crippen LogP) is 5.09. The van der Waals surface area contributed by atoms with Crippen molar-refractivity contribution in [3.8, 4) is 33.9 Å². The maximum atomic E-state index is 4.96. The molecule has 0 saturated heterocycles. The number of aryl methyl sites for hydroxylation is 1. The van der Waals surface area contributed by atoms with E-state index in [-0.39, 0.29) is 1.43 Å². The normalized spacial score (nSPS) is 11.2. The largest absolute Gasteiger partial charge is 0.339 e. The topological polar surface area (TPSA) is 96.7 Å². The molecule has 0 bridgehead atoms. The third-order valence-electron chi connectivity index (χ3n) is 6.01. The van der Waals surface area contributed by atoms with Gasteiger partial charge in [-0.25, -0.2) is 14.5 Å². The average Bonchev–Trinajstić information content (AvgIpc) is 3.56. The lowest BCUT2D eigenvalue weighted by atomic mass is 10.0. The zero-order chi connectivity index (χ0) is 24.3. The van der Waals surface area contributed by atoms with Gasteiger partial charge in [-0.3, -0.25) is 9.97 Å². The second kappa shape index (κ2) is 9.52. The molecule has 0 unspecified atom stereocenters. The summed E-state index contributed by atoms with van der Waals surface area (Å²) in [6.07, 6.45) is 5.31. The fraction of sp³-hybridized carbons (Fsp3) is 0.107. The van der Waals surface area contributed by atoms with Gasteiger partial charge in [-0.05, 0) is 48.9 Å². The average molecular weight is 475 g/mol. The maximum Gasteiger partial charge on any atom is 0.155 e. The summed E-state index contributed by atoms with van der Waals surface area (Å²) in [6, 6.07) is 24.2. The number of H-pyrrole nitrogens is 1. The molecule has 0 spiro atoms. The van der Waals surface area contributed by atoms with Crippen LogP contribution in [0, 0.1) is 6.92 Å². The van der Waals surface area contributed by atoms with Crippen molar-refractivity contribution in [2.24, 2.45) is 0 Å². The van der Waals surface area contributed by atoms with Crippen LogP contribution in [0.3, 0.4) is 0 Å². The number of nitrogens with one attached hydrogen (secondary N) is 2. The molecule has 0 atom stereocenters. The molecular formula is C28H26N8. The summed E-state index contributed by atoms with van der Waals surface area (Å²) in [6.45, 7) is 3.25. The molecule has 0 aliphatic rings. The molecule has 8 nitrogen and oxygen atoms in total. The molecule has 6 rings (SSSR count). The van der Waals surface area contributed by atoms with Crippen molar-refractivity contribution in [1.29, 1.82) is 0 Å². The van der Waals surface area contributed by atoms with Crippen LogP contribution in [-0.2, 0) is 13.1 Å². The Labute approximate surface area is 209 Å². The molecule has 6 aromatic rings. The Morgan fingerprint density at radius 1 is 0.861 bits per heavy atom. The minimum absolute atomic E-state index is 0. The number of hydrogen-bond acceptors (Lipinski definition) is 6. The first kappa shape index (κ1) is 21.8. The first-order valence-electron chi connectivity index (χ1n) is 11.8. The van der Waals surface area contributed by atoms with E-state index in [1.54, 1.807) is 10.8 Å². The zero-order valence-electron chi connectivity index (χ0n) is 19.8. The summed E-state index contributed by atoms with van der Waals surface area (Å²) < 4.78 is 1.75. The summed E-state index contributed by atoms with van der Waals surface area (Å²) >= 11 is 0. The van der Waals surface area contributed by atoms with E-state index in [1.807, 2.05) is 73.9 Å². The second-order valence-electron chi connectivity index (χ2n) is 8.53. The van der Waals surface area contributed by atoms with Gasteiger partial charge in [0, 0.05) is 37.2 Å². The van der Waals surface area contributed by atoms with Crippen molar-refractivity contribution in [3.05, 3.63) is 109 Å². The van der Waals surface area contributed by atoms with Crippen LogP contribution in [0.15, 0.2) is 91.5 Å². The number of pyridine rings is 3. The van der Waals surface area contributed by atoms with E-state index in [0.29, 0.717) is 13.1 Å². The van der Waals surface area contributed by atoms with E-state index < -0.39 is 0 Å². The molecule has 0 amide bonds. The lowest BCUT2D eigenvalue weighted by Crippen LogP contribution is -2.14. The van der Waals surface area contributed by atoms with Crippen molar-refractivity contribution in [3.63, 3.8) is 0 Å². The SMILES string of the molecule is Cc1cccc(-c2[nH]c(CNCc3ccccc3-c3ccccn3)nc2-c2ccc3ncnn3c2)n1.[HH]. The van der Waals surface area contributed by atoms with Gasteiger partial charge >= 0.3 is 0 Å². The summed E-state index contributed by atoms with van der Waals surface area (Å²) in [5.41, 5.74) is 8.50. The van der Waals surface area contributed by atoms with Gasteiger partial charge in [0.05, 0.1) is 29.3 Å². The summed E-state index contributed by atoms with van der Waals surface area (Å²) in [4.78, 5) is 22.0. The van der Waals surface area contributed by atoms with Crippen molar-refractivity contribution >= 4 is 5.65 Å². The van der Waals surface area contributed by atoms with Crippen LogP contribution < -0.4 is 5.32 Å². The Hall–Kier alpha value is -4.69. The Kier molecular flexibility index (Phi) is 5.77. The quantitative estimate of drug-likeness (QED) is 0.335. The van der Waals surface area contributed by atoms with Gasteiger partial charge in [-0.1, -0.05) is 36.4 Å². The van der Waals surface area contributed by atoms with E-state index in [1.165, 1.54) is 5.56 Å². The van der Waals surface area contributed by atoms with Crippen LogP contribution in [-0.4, -0.2) is 34.5 Å². The molecule has 0 radical (unpaired) electrons. The van der Waals surface area contributed by atoms with Gasteiger partial charge in [0.25, 0.3) is 0 Å². The fourth-order valence-corrected chi connectivity index (χ4v) is 4.30. The van der Waals surface area contributed by atoms with Gasteiger partial charge in [0.15, 0.2) is 5.65 Å². The lowest BCUT2D eigenvalue weighted by Gasteiger charge is -2.09. The molecule has 2 N–H and O–H groups in total. The standard InChI is InChI=1S/C28H24N8.H2/c1-19-7-6-11-24(33-19)28-27(21-12-13-26-31-18-32-36(26)17-21)34-25(35-28)16-29-15-20-8-2-3-9-22(20)23-10-4-5-14-30-23;/h2-14,17-18,29H,15-16H2,1H3,(H,34,35);1H. The van der Waals surface area contributed by atoms with Gasteiger partial charge in [0.1, 0.15) is 12.2 Å². The Morgan fingerprint density at radius 2 is 1.75 bits per heavy atom. The second-order valence-corrected chi connectivity index (χ2v) is 8.53. The van der Waals surface area contributed by atoms with Crippen molar-refractivity contribution in [1.82, 2.24) is 39.9 Å². The van der Waals surface area contributed by atoms with Crippen LogP contribution in [0.4, 0.5) is 0 Å². The van der Waals surface area contributed by atoms with Gasteiger partial charge in [-0.15, -0.1) is 0 Å². The molecule has 0 aliphatic carbocycles. The van der Waals surface area contributed by atoms with Gasteiger partial charge in [0.2, 0.25) is 0 Å². The van der Waals surface area contributed by atoms with Crippen LogP contribution in [0.25, 0.3) is 39.5 Å². The number of fused-ring (bicyclic) bond motifs is 1. The number of benzene rings is 1. The summed E-state index contributed by atoms with van der Waals surface area (Å²) in [7, 11) is 0. The molecule has 178 valence electrons. The van der Waals surface area contributed by atoms with Gasteiger partial charge < -0.3 is 10.3 Å². The number of aromatic amines is 1. The highest BCUT2D eigenvalue weighted by molar-refractivity contribution is 5.77. The van der Waals surface area contributed by atoms with Crippen LogP contribution in [0.2, 0.25) is 0 Å². The maximum absolute atomic E-state index is 4.96. The first-order valence-corrected chi connectivity index (χ1v) is 11.8. The Morgan fingerprint density at radius 3 is 2.64 bits per heavy atom. The number of aromatic nitrogens is 7. The Balaban J connectivity index is 0.00000280. The minimum Gasteiger partial charge on any atom is -0.339 e. The number of nitrogens with zero attached hydrogens (tertiary/aromatic N) is 6. The highest BCUT2D eigenvalue weighted by Crippen LogP contribution is 2.29. The fourth-order valence-electron chi connectivity index (χ4n) is 4.30. The summed E-state index contributed by atoms with van der Waals surface area (Å²) in [5.74, 6) is 0.831. The highest BCUT2D eigenvalue weighted by atomic mass is 15.3. The molecule has 1 aromatic carbocycles. The van der Waals surface area contributed by atoms with E-state index in [2.05, 4.69) is 43.6 Å². The highest BCUT2D eigenvalue weighted by Gasteiger charge is 2.16. The lowest BCUT2D eigenvalue weighted by molar-refractivity contribution is 0.670. The zero-order valence-corrected chi connectivity index (χ0v) is 19.8.